The lowest BCUT2D eigenvalue weighted by atomic mass is 10.2. The van der Waals surface area contributed by atoms with Crippen molar-refractivity contribution in [2.75, 3.05) is 23.3 Å². The monoisotopic (exact) mass is 366 g/mol. The lowest BCUT2D eigenvalue weighted by molar-refractivity contribution is 0.620. The Morgan fingerprint density at radius 3 is 3.00 bits per heavy atom. The van der Waals surface area contributed by atoms with Gasteiger partial charge < -0.3 is 11.1 Å². The molecule has 5 heteroatoms. The number of nitrogens with two attached hydrogens (primary N) is 1. The molecule has 0 spiro atoms. The maximum absolute atomic E-state index is 13.4. The van der Waals surface area contributed by atoms with E-state index < -0.39 is 0 Å². The van der Waals surface area contributed by atoms with Gasteiger partial charge in [-0.1, -0.05) is 6.42 Å². The van der Waals surface area contributed by atoms with E-state index in [0.717, 1.165) is 6.54 Å². The van der Waals surface area contributed by atoms with Gasteiger partial charge >= 0.3 is 0 Å². The Balaban J connectivity index is 1.96. The molecule has 1 aliphatic rings. The summed E-state index contributed by atoms with van der Waals surface area (Å²) in [4.78, 5) is 0. The Kier molecular flexibility index (Phi) is 4.78. The van der Waals surface area contributed by atoms with Crippen LogP contribution in [-0.2, 0) is 0 Å². The van der Waals surface area contributed by atoms with Gasteiger partial charge in [-0.15, -0.1) is 0 Å². The number of benzene rings is 1. The molecule has 0 bridgehead atoms. The fourth-order valence-corrected chi connectivity index (χ4v) is 3.64. The van der Waals surface area contributed by atoms with Crippen LogP contribution >= 0.6 is 34.4 Å². The second kappa shape index (κ2) is 6.13. The summed E-state index contributed by atoms with van der Waals surface area (Å²) in [6, 6.07) is 3.16. The normalized spacial score (nSPS) is 20.2. The summed E-state index contributed by atoms with van der Waals surface area (Å²) in [6.07, 6.45) is 3.86. The van der Waals surface area contributed by atoms with Crippen molar-refractivity contribution in [3.8, 4) is 0 Å². The minimum Gasteiger partial charge on any atom is -0.397 e. The Hall–Kier alpha value is -0.170. The van der Waals surface area contributed by atoms with Crippen LogP contribution in [0.3, 0.4) is 0 Å². The fourth-order valence-electron chi connectivity index (χ4n) is 1.91. The molecule has 1 atom stereocenters. The average Bonchev–Trinajstić information content (AvgIpc) is 2.33. The van der Waals surface area contributed by atoms with Gasteiger partial charge in [0.05, 0.1) is 14.9 Å². The predicted octanol–water partition coefficient (Wildman–Crippen LogP) is 3.71. The maximum Gasteiger partial charge on any atom is 0.138 e. The molecular formula is C12H16FIN2S. The first-order chi connectivity index (χ1) is 8.16. The molecule has 1 fully saturated rings. The molecule has 17 heavy (non-hydrogen) atoms. The van der Waals surface area contributed by atoms with Crippen molar-refractivity contribution in [2.45, 2.75) is 24.5 Å². The molecule has 0 radical (unpaired) electrons. The van der Waals surface area contributed by atoms with Crippen LogP contribution in [0, 0.1) is 9.39 Å². The van der Waals surface area contributed by atoms with Gasteiger partial charge in [-0.05, 0) is 47.3 Å². The van der Waals surface area contributed by atoms with Crippen molar-refractivity contribution >= 4 is 45.7 Å². The van der Waals surface area contributed by atoms with E-state index in [0.29, 0.717) is 20.2 Å². The Morgan fingerprint density at radius 2 is 2.29 bits per heavy atom. The van der Waals surface area contributed by atoms with Crippen LogP contribution in [0.1, 0.15) is 19.3 Å². The molecule has 2 nitrogen and oxygen atoms in total. The highest BCUT2D eigenvalue weighted by Crippen LogP contribution is 2.28. The van der Waals surface area contributed by atoms with Gasteiger partial charge in [-0.25, -0.2) is 4.39 Å². The zero-order chi connectivity index (χ0) is 12.3. The van der Waals surface area contributed by atoms with Gasteiger partial charge in [0.2, 0.25) is 0 Å². The lowest BCUT2D eigenvalue weighted by Crippen LogP contribution is -2.20. The molecule has 3 N–H and O–H groups in total. The molecule has 1 aliphatic heterocycles. The minimum absolute atomic E-state index is 0.210. The highest BCUT2D eigenvalue weighted by molar-refractivity contribution is 14.1. The first kappa shape index (κ1) is 13.3. The maximum atomic E-state index is 13.4. The molecule has 0 saturated carbocycles. The molecule has 1 heterocycles. The molecular weight excluding hydrogens is 350 g/mol. The van der Waals surface area contributed by atoms with E-state index in [-0.39, 0.29) is 5.82 Å². The van der Waals surface area contributed by atoms with Crippen LogP contribution < -0.4 is 11.1 Å². The number of anilines is 2. The molecule has 1 aromatic rings. The van der Waals surface area contributed by atoms with Crippen LogP contribution in [0.5, 0.6) is 0 Å². The smallest absolute Gasteiger partial charge is 0.138 e. The van der Waals surface area contributed by atoms with Gasteiger partial charge in [-0.2, -0.15) is 11.8 Å². The first-order valence-electron chi connectivity index (χ1n) is 5.77. The van der Waals surface area contributed by atoms with E-state index in [2.05, 4.69) is 5.32 Å². The molecule has 0 amide bonds. The van der Waals surface area contributed by atoms with Crippen molar-refractivity contribution in [1.29, 1.82) is 0 Å². The number of nitrogens with one attached hydrogen (secondary N) is 1. The topological polar surface area (TPSA) is 38.0 Å². The molecule has 1 aromatic carbocycles. The summed E-state index contributed by atoms with van der Waals surface area (Å²) in [7, 11) is 0. The summed E-state index contributed by atoms with van der Waals surface area (Å²) in [5.74, 6) is 1.03. The highest BCUT2D eigenvalue weighted by Gasteiger charge is 2.14. The second-order valence-corrected chi connectivity index (χ2v) is 6.79. The van der Waals surface area contributed by atoms with Crippen molar-refractivity contribution < 1.29 is 4.39 Å². The van der Waals surface area contributed by atoms with E-state index in [1.54, 1.807) is 6.07 Å². The molecule has 1 unspecified atom stereocenters. The third kappa shape index (κ3) is 3.64. The van der Waals surface area contributed by atoms with E-state index >= 15 is 0 Å². The second-order valence-electron chi connectivity index (χ2n) is 4.22. The van der Waals surface area contributed by atoms with Gasteiger partial charge in [0.15, 0.2) is 0 Å². The van der Waals surface area contributed by atoms with E-state index in [1.165, 1.54) is 31.1 Å². The molecule has 2 rings (SSSR count). The summed E-state index contributed by atoms with van der Waals surface area (Å²) >= 11 is 3.95. The SMILES string of the molecule is Nc1cc(I)c(F)cc1NCC1CCCCS1. The predicted molar refractivity (Wildman–Crippen MR) is 82.1 cm³/mol. The van der Waals surface area contributed by atoms with Crippen LogP contribution in [-0.4, -0.2) is 17.5 Å². The molecule has 0 aromatic heterocycles. The Labute approximate surface area is 119 Å². The number of halogens is 2. The molecule has 1 saturated heterocycles. The van der Waals surface area contributed by atoms with Crippen LogP contribution in [0.25, 0.3) is 0 Å². The average molecular weight is 366 g/mol. The van der Waals surface area contributed by atoms with Crippen molar-refractivity contribution in [3.05, 3.63) is 21.5 Å². The van der Waals surface area contributed by atoms with E-state index in [9.17, 15) is 4.39 Å². The standard InChI is InChI=1S/C12H16FIN2S/c13-9-5-12(11(15)6-10(9)14)16-7-8-3-1-2-4-17-8/h5-6,8,16H,1-4,7,15H2. The largest absolute Gasteiger partial charge is 0.397 e. The summed E-state index contributed by atoms with van der Waals surface area (Å²) in [5.41, 5.74) is 7.20. The number of hydrogen-bond donors (Lipinski definition) is 2. The Bertz CT molecular complexity index is 394. The van der Waals surface area contributed by atoms with Crippen LogP contribution in [0.4, 0.5) is 15.8 Å². The van der Waals surface area contributed by atoms with Gasteiger partial charge in [-0.3, -0.25) is 0 Å². The summed E-state index contributed by atoms with van der Waals surface area (Å²) < 4.78 is 14.0. The fraction of sp³-hybridized carbons (Fsp3) is 0.500. The number of rotatable bonds is 3. The third-order valence-corrected chi connectivity index (χ3v) is 5.11. The Morgan fingerprint density at radius 1 is 1.47 bits per heavy atom. The van der Waals surface area contributed by atoms with E-state index in [1.807, 2.05) is 34.4 Å². The van der Waals surface area contributed by atoms with Crippen molar-refractivity contribution in [3.63, 3.8) is 0 Å². The summed E-state index contributed by atoms with van der Waals surface area (Å²) in [6.45, 7) is 0.870. The zero-order valence-electron chi connectivity index (χ0n) is 9.51. The van der Waals surface area contributed by atoms with Crippen molar-refractivity contribution in [1.82, 2.24) is 0 Å². The zero-order valence-corrected chi connectivity index (χ0v) is 12.5. The van der Waals surface area contributed by atoms with Gasteiger partial charge in [0.25, 0.3) is 0 Å². The minimum atomic E-state index is -0.210. The number of nitrogen functional groups attached to an aromatic ring is 1. The number of hydrogen-bond acceptors (Lipinski definition) is 3. The van der Waals surface area contributed by atoms with Gasteiger partial charge in [0, 0.05) is 17.9 Å². The first-order valence-corrected chi connectivity index (χ1v) is 7.89. The molecule has 0 aliphatic carbocycles. The van der Waals surface area contributed by atoms with Crippen LogP contribution in [0.2, 0.25) is 0 Å². The highest BCUT2D eigenvalue weighted by atomic mass is 127. The quantitative estimate of drug-likeness (QED) is 0.633. The lowest BCUT2D eigenvalue weighted by Gasteiger charge is -2.22. The summed E-state index contributed by atoms with van der Waals surface area (Å²) in [5, 5.41) is 3.89. The van der Waals surface area contributed by atoms with Crippen molar-refractivity contribution in [2.24, 2.45) is 0 Å². The van der Waals surface area contributed by atoms with Gasteiger partial charge in [0.1, 0.15) is 5.82 Å². The van der Waals surface area contributed by atoms with Crippen LogP contribution in [0.15, 0.2) is 12.1 Å². The third-order valence-electron chi connectivity index (χ3n) is 2.89. The van der Waals surface area contributed by atoms with E-state index in [4.69, 9.17) is 5.73 Å². The number of thioether (sulfide) groups is 1. The molecule has 94 valence electrons.